The fourth-order valence-corrected chi connectivity index (χ4v) is 0.861. The summed E-state index contributed by atoms with van der Waals surface area (Å²) in [5.41, 5.74) is 0.317. The fourth-order valence-electron chi connectivity index (χ4n) is 0.861. The molecule has 11 heavy (non-hydrogen) atoms. The Bertz CT molecular complexity index is 316. The molecular weight excluding hydrogens is 146 g/mol. The minimum atomic E-state index is -0.467. The van der Waals surface area contributed by atoms with E-state index in [4.69, 9.17) is 10.2 Å². The lowest BCUT2D eigenvalue weighted by molar-refractivity contribution is 0.269. The highest BCUT2D eigenvalue weighted by molar-refractivity contribution is 5.26. The van der Waals surface area contributed by atoms with E-state index in [1.54, 1.807) is 6.92 Å². The van der Waals surface area contributed by atoms with Crippen LogP contribution in [0.15, 0.2) is 10.9 Å². The third kappa shape index (κ3) is 1.40. The molecule has 0 radical (unpaired) electrons. The maximum absolute atomic E-state index is 10.8. The normalized spacial score (nSPS) is 10.0. The van der Waals surface area contributed by atoms with E-state index in [2.05, 4.69) is 4.98 Å². The number of pyridine rings is 1. The molecule has 0 bridgehead atoms. The molecule has 0 spiro atoms. The summed E-state index contributed by atoms with van der Waals surface area (Å²) in [5.74, 6) is -0.405. The number of aliphatic hydroxyl groups is 1. The zero-order valence-electron chi connectivity index (χ0n) is 6.09. The molecule has 3 N–H and O–H groups in total. The summed E-state index contributed by atoms with van der Waals surface area (Å²) in [6.45, 7) is 1.32. The molecule has 4 heteroatoms. The average molecular weight is 155 g/mol. The van der Waals surface area contributed by atoms with Crippen LogP contribution in [0, 0.1) is 6.92 Å². The molecule has 0 saturated carbocycles. The molecule has 0 saturated heterocycles. The Balaban J connectivity index is 3.36. The summed E-state index contributed by atoms with van der Waals surface area (Å²) >= 11 is 0. The van der Waals surface area contributed by atoms with Gasteiger partial charge in [0.15, 0.2) is 5.75 Å². The summed E-state index contributed by atoms with van der Waals surface area (Å²) in [4.78, 5) is 13.5. The maximum atomic E-state index is 10.8. The predicted molar refractivity (Wildman–Crippen MR) is 39.4 cm³/mol. The van der Waals surface area contributed by atoms with Crippen LogP contribution < -0.4 is 5.43 Å². The van der Waals surface area contributed by atoms with Gasteiger partial charge < -0.3 is 15.2 Å². The van der Waals surface area contributed by atoms with Crippen LogP contribution >= 0.6 is 0 Å². The maximum Gasteiger partial charge on any atom is 0.223 e. The van der Waals surface area contributed by atoms with Gasteiger partial charge in [0.2, 0.25) is 5.43 Å². The second kappa shape index (κ2) is 2.75. The molecule has 0 fully saturated rings. The van der Waals surface area contributed by atoms with Crippen molar-refractivity contribution in [2.45, 2.75) is 13.5 Å². The van der Waals surface area contributed by atoms with Gasteiger partial charge in [-0.25, -0.2) is 0 Å². The molecule has 0 atom stereocenters. The topological polar surface area (TPSA) is 73.3 Å². The van der Waals surface area contributed by atoms with E-state index in [0.717, 1.165) is 0 Å². The molecule has 1 aromatic rings. The van der Waals surface area contributed by atoms with Crippen LogP contribution in [0.1, 0.15) is 11.4 Å². The second-order valence-electron chi connectivity index (χ2n) is 2.30. The number of aromatic nitrogens is 1. The average Bonchev–Trinajstić information content (AvgIpc) is 1.96. The second-order valence-corrected chi connectivity index (χ2v) is 2.30. The van der Waals surface area contributed by atoms with E-state index in [-0.39, 0.29) is 12.3 Å². The van der Waals surface area contributed by atoms with Gasteiger partial charge in [0.1, 0.15) is 0 Å². The van der Waals surface area contributed by atoms with Crippen molar-refractivity contribution in [2.24, 2.45) is 0 Å². The Morgan fingerprint density at radius 3 is 2.82 bits per heavy atom. The van der Waals surface area contributed by atoms with Gasteiger partial charge in [0.05, 0.1) is 12.3 Å². The van der Waals surface area contributed by atoms with Gasteiger partial charge in [-0.15, -0.1) is 0 Å². The highest BCUT2D eigenvalue weighted by atomic mass is 16.3. The van der Waals surface area contributed by atoms with Gasteiger partial charge in [-0.05, 0) is 6.92 Å². The molecule has 1 rings (SSSR count). The monoisotopic (exact) mass is 155 g/mol. The Kier molecular flexibility index (Phi) is 1.96. The molecule has 0 aliphatic carbocycles. The molecule has 4 nitrogen and oxygen atoms in total. The van der Waals surface area contributed by atoms with Crippen LogP contribution in [-0.2, 0) is 6.61 Å². The first-order chi connectivity index (χ1) is 5.15. The molecule has 0 aliphatic rings. The van der Waals surface area contributed by atoms with E-state index in [0.29, 0.717) is 5.69 Å². The number of aromatic amines is 1. The fraction of sp³-hybridized carbons (Fsp3) is 0.286. The van der Waals surface area contributed by atoms with Crippen LogP contribution in [0.4, 0.5) is 0 Å². The van der Waals surface area contributed by atoms with Crippen LogP contribution in [-0.4, -0.2) is 15.2 Å². The molecule has 0 unspecified atom stereocenters. The van der Waals surface area contributed by atoms with Crippen LogP contribution in [0.25, 0.3) is 0 Å². The van der Waals surface area contributed by atoms with Crippen LogP contribution in [0.5, 0.6) is 5.75 Å². The van der Waals surface area contributed by atoms with Gasteiger partial charge in [-0.1, -0.05) is 0 Å². The molecule has 0 aliphatic heterocycles. The Hall–Kier alpha value is -1.29. The third-order valence-electron chi connectivity index (χ3n) is 1.37. The highest BCUT2D eigenvalue weighted by Gasteiger charge is 2.03. The predicted octanol–water partition coefficient (Wildman–Crippen LogP) is -0.119. The SMILES string of the molecule is Cc1cc(=O)c(O)c(CO)[nH]1. The largest absolute Gasteiger partial charge is 0.503 e. The van der Waals surface area contributed by atoms with E-state index >= 15 is 0 Å². The van der Waals surface area contributed by atoms with E-state index in [9.17, 15) is 4.79 Å². The Morgan fingerprint density at radius 2 is 2.27 bits per heavy atom. The van der Waals surface area contributed by atoms with Crippen LogP contribution in [0.2, 0.25) is 0 Å². The number of hydrogen-bond donors (Lipinski definition) is 3. The van der Waals surface area contributed by atoms with Crippen molar-refractivity contribution in [3.05, 3.63) is 27.7 Å². The van der Waals surface area contributed by atoms with Gasteiger partial charge in [-0.2, -0.15) is 0 Å². The minimum absolute atomic E-state index is 0.162. The highest BCUT2D eigenvalue weighted by Crippen LogP contribution is 2.07. The summed E-state index contributed by atoms with van der Waals surface area (Å²) in [5, 5.41) is 17.7. The van der Waals surface area contributed by atoms with Gasteiger partial charge in [-0.3, -0.25) is 4.79 Å². The quantitative estimate of drug-likeness (QED) is 0.529. The zero-order valence-corrected chi connectivity index (χ0v) is 6.09. The number of hydrogen-bond acceptors (Lipinski definition) is 3. The lowest BCUT2D eigenvalue weighted by Crippen LogP contribution is -2.06. The summed E-state index contributed by atoms with van der Waals surface area (Å²) in [7, 11) is 0. The number of rotatable bonds is 1. The molecule has 60 valence electrons. The molecule has 1 aromatic heterocycles. The van der Waals surface area contributed by atoms with Gasteiger partial charge >= 0.3 is 0 Å². The van der Waals surface area contributed by atoms with Crippen molar-refractivity contribution in [3.63, 3.8) is 0 Å². The number of aliphatic hydroxyl groups excluding tert-OH is 1. The Labute approximate surface area is 63.1 Å². The van der Waals surface area contributed by atoms with Gasteiger partial charge in [0.25, 0.3) is 0 Å². The van der Waals surface area contributed by atoms with E-state index in [1.807, 2.05) is 0 Å². The number of nitrogens with one attached hydrogen (secondary N) is 1. The van der Waals surface area contributed by atoms with Crippen molar-refractivity contribution in [3.8, 4) is 5.75 Å². The lowest BCUT2D eigenvalue weighted by Gasteiger charge is -2.00. The first kappa shape index (κ1) is 7.81. The van der Waals surface area contributed by atoms with Gasteiger partial charge in [0, 0.05) is 11.8 Å². The molecular formula is C7H9NO3. The summed E-state index contributed by atoms with van der Waals surface area (Å²) < 4.78 is 0. The van der Waals surface area contributed by atoms with Crippen molar-refractivity contribution >= 4 is 0 Å². The van der Waals surface area contributed by atoms with Crippen molar-refractivity contribution in [1.82, 2.24) is 4.98 Å². The number of aryl methyl sites for hydroxylation is 1. The van der Waals surface area contributed by atoms with Crippen molar-refractivity contribution in [2.75, 3.05) is 0 Å². The first-order valence-electron chi connectivity index (χ1n) is 3.17. The lowest BCUT2D eigenvalue weighted by atomic mass is 10.3. The first-order valence-corrected chi connectivity index (χ1v) is 3.17. The molecule has 1 heterocycles. The molecule has 0 amide bonds. The number of aromatic hydroxyl groups is 1. The standard InChI is InChI=1S/C7H9NO3/c1-4-2-6(10)7(11)5(3-9)8-4/h2,9,11H,3H2,1H3,(H,8,10). The smallest absolute Gasteiger partial charge is 0.223 e. The molecule has 0 aromatic carbocycles. The van der Waals surface area contributed by atoms with Crippen molar-refractivity contribution in [1.29, 1.82) is 0 Å². The summed E-state index contributed by atoms with van der Waals surface area (Å²) in [6.07, 6.45) is 0. The van der Waals surface area contributed by atoms with E-state index < -0.39 is 11.2 Å². The number of H-pyrrole nitrogens is 1. The van der Waals surface area contributed by atoms with Crippen LogP contribution in [0.3, 0.4) is 0 Å². The third-order valence-corrected chi connectivity index (χ3v) is 1.37. The minimum Gasteiger partial charge on any atom is -0.503 e. The van der Waals surface area contributed by atoms with E-state index in [1.165, 1.54) is 6.07 Å². The summed E-state index contributed by atoms with van der Waals surface area (Å²) in [6, 6.07) is 1.27. The van der Waals surface area contributed by atoms with Crippen molar-refractivity contribution < 1.29 is 10.2 Å². The Morgan fingerprint density at radius 1 is 1.64 bits per heavy atom. The zero-order chi connectivity index (χ0) is 8.43.